The molecule has 0 bridgehead atoms. The number of rotatable bonds is 5. The molecule has 21 heavy (non-hydrogen) atoms. The van der Waals surface area contributed by atoms with Gasteiger partial charge in [0, 0.05) is 35.7 Å². The molecule has 1 aromatic carbocycles. The molecule has 106 valence electrons. The van der Waals surface area contributed by atoms with Crippen molar-refractivity contribution in [3.63, 3.8) is 0 Å². The number of non-ortho nitro benzene ring substituents is 1. The predicted octanol–water partition coefficient (Wildman–Crippen LogP) is 1.90. The fourth-order valence-corrected chi connectivity index (χ4v) is 1.59. The third kappa shape index (κ3) is 3.63. The summed E-state index contributed by atoms with van der Waals surface area (Å²) in [5.74, 6) is -0.357. The van der Waals surface area contributed by atoms with Gasteiger partial charge in [0.15, 0.2) is 0 Å². The first-order chi connectivity index (χ1) is 10.1. The maximum absolute atomic E-state index is 11.8. The van der Waals surface area contributed by atoms with E-state index in [9.17, 15) is 14.9 Å². The van der Waals surface area contributed by atoms with E-state index in [2.05, 4.69) is 22.4 Å². The second kappa shape index (κ2) is 6.29. The lowest BCUT2D eigenvalue weighted by molar-refractivity contribution is -0.384. The SMILES string of the molecule is C=C(NNC(=O)c1ccncc1)c1cccc([N+](=O)[O-])c1. The van der Waals surface area contributed by atoms with Crippen LogP contribution >= 0.6 is 0 Å². The second-order valence-corrected chi connectivity index (χ2v) is 4.10. The number of pyridine rings is 1. The van der Waals surface area contributed by atoms with Crippen LogP contribution in [0.25, 0.3) is 5.70 Å². The van der Waals surface area contributed by atoms with Crippen LogP contribution in [0, 0.1) is 10.1 Å². The van der Waals surface area contributed by atoms with Gasteiger partial charge in [-0.25, -0.2) is 0 Å². The molecule has 0 aliphatic rings. The van der Waals surface area contributed by atoms with Crippen LogP contribution in [-0.2, 0) is 0 Å². The van der Waals surface area contributed by atoms with Crippen LogP contribution in [0.15, 0.2) is 55.4 Å². The average Bonchev–Trinajstić information content (AvgIpc) is 2.53. The van der Waals surface area contributed by atoms with Crippen molar-refractivity contribution in [2.24, 2.45) is 0 Å². The van der Waals surface area contributed by atoms with Crippen molar-refractivity contribution in [1.82, 2.24) is 15.8 Å². The predicted molar refractivity (Wildman–Crippen MR) is 77.0 cm³/mol. The number of benzene rings is 1. The number of carbonyl (C=O) groups is 1. The van der Waals surface area contributed by atoms with Gasteiger partial charge in [0.05, 0.1) is 10.6 Å². The van der Waals surface area contributed by atoms with Crippen LogP contribution in [0.1, 0.15) is 15.9 Å². The van der Waals surface area contributed by atoms with Crippen molar-refractivity contribution in [1.29, 1.82) is 0 Å². The molecule has 0 fully saturated rings. The highest BCUT2D eigenvalue weighted by atomic mass is 16.6. The smallest absolute Gasteiger partial charge is 0.270 e. The van der Waals surface area contributed by atoms with E-state index in [0.29, 0.717) is 16.8 Å². The summed E-state index contributed by atoms with van der Waals surface area (Å²) in [6, 6.07) is 9.08. The fraction of sp³-hybridized carbons (Fsp3) is 0. The van der Waals surface area contributed by atoms with Crippen molar-refractivity contribution in [2.45, 2.75) is 0 Å². The Balaban J connectivity index is 2.01. The zero-order valence-electron chi connectivity index (χ0n) is 10.9. The molecule has 1 heterocycles. The van der Waals surface area contributed by atoms with Gasteiger partial charge < -0.3 is 0 Å². The summed E-state index contributed by atoms with van der Waals surface area (Å²) in [5, 5.41) is 10.7. The van der Waals surface area contributed by atoms with Crippen LogP contribution in [0.5, 0.6) is 0 Å². The maximum atomic E-state index is 11.8. The highest BCUT2D eigenvalue weighted by Crippen LogP contribution is 2.16. The normalized spacial score (nSPS) is 9.71. The van der Waals surface area contributed by atoms with Crippen LogP contribution in [0.3, 0.4) is 0 Å². The first kappa shape index (κ1) is 14.2. The molecular weight excluding hydrogens is 272 g/mol. The standard InChI is InChI=1S/C14H12N4O3/c1-10(12-3-2-4-13(9-12)18(20)21)16-17-14(19)11-5-7-15-8-6-11/h2-9,16H,1H2,(H,17,19). The van der Waals surface area contributed by atoms with Crippen molar-refractivity contribution in [2.75, 3.05) is 0 Å². The third-order valence-corrected chi connectivity index (χ3v) is 2.67. The minimum Gasteiger partial charge on any atom is -0.298 e. The van der Waals surface area contributed by atoms with Crippen molar-refractivity contribution in [3.05, 3.63) is 76.6 Å². The lowest BCUT2D eigenvalue weighted by Crippen LogP contribution is -2.35. The van der Waals surface area contributed by atoms with Gasteiger partial charge in [-0.05, 0) is 12.1 Å². The number of nitro groups is 1. The molecule has 1 amide bonds. The largest absolute Gasteiger partial charge is 0.298 e. The van der Waals surface area contributed by atoms with Crippen molar-refractivity contribution < 1.29 is 9.72 Å². The van der Waals surface area contributed by atoms with Crippen LogP contribution in [0.2, 0.25) is 0 Å². The first-order valence-corrected chi connectivity index (χ1v) is 5.98. The van der Waals surface area contributed by atoms with Gasteiger partial charge in [-0.3, -0.25) is 30.7 Å². The average molecular weight is 284 g/mol. The van der Waals surface area contributed by atoms with Crippen LogP contribution in [-0.4, -0.2) is 15.8 Å². The van der Waals surface area contributed by atoms with Crippen molar-refractivity contribution in [3.8, 4) is 0 Å². The highest BCUT2D eigenvalue weighted by molar-refractivity contribution is 5.94. The quantitative estimate of drug-likeness (QED) is 0.645. The van der Waals surface area contributed by atoms with Gasteiger partial charge in [0.2, 0.25) is 0 Å². The molecule has 2 rings (SSSR count). The first-order valence-electron chi connectivity index (χ1n) is 5.98. The number of nitrogens with zero attached hydrogens (tertiary/aromatic N) is 2. The van der Waals surface area contributed by atoms with E-state index in [1.165, 1.54) is 24.5 Å². The molecule has 7 nitrogen and oxygen atoms in total. The van der Waals surface area contributed by atoms with E-state index >= 15 is 0 Å². The molecule has 2 aromatic rings. The van der Waals surface area contributed by atoms with Gasteiger partial charge >= 0.3 is 0 Å². The lowest BCUT2D eigenvalue weighted by Gasteiger charge is -2.11. The third-order valence-electron chi connectivity index (χ3n) is 2.67. The molecule has 0 atom stereocenters. The van der Waals surface area contributed by atoms with E-state index in [0.717, 1.165) is 0 Å². The lowest BCUT2D eigenvalue weighted by atomic mass is 10.1. The number of hydrogen-bond acceptors (Lipinski definition) is 5. The van der Waals surface area contributed by atoms with Crippen LogP contribution < -0.4 is 10.9 Å². The Labute approximate surface area is 120 Å². The Morgan fingerprint density at radius 1 is 1.14 bits per heavy atom. The number of carbonyl (C=O) groups excluding carboxylic acids is 1. The number of aromatic nitrogens is 1. The molecule has 0 spiro atoms. The topological polar surface area (TPSA) is 97.2 Å². The monoisotopic (exact) mass is 284 g/mol. The number of amides is 1. The summed E-state index contributed by atoms with van der Waals surface area (Å²) in [7, 11) is 0. The highest BCUT2D eigenvalue weighted by Gasteiger charge is 2.09. The molecule has 2 N–H and O–H groups in total. The number of hydrazine groups is 1. The summed E-state index contributed by atoms with van der Waals surface area (Å²) >= 11 is 0. The fourth-order valence-electron chi connectivity index (χ4n) is 1.59. The van der Waals surface area contributed by atoms with Gasteiger partial charge in [-0.1, -0.05) is 18.7 Å². The molecule has 0 unspecified atom stereocenters. The second-order valence-electron chi connectivity index (χ2n) is 4.10. The molecular formula is C14H12N4O3. The van der Waals surface area contributed by atoms with E-state index in [1.807, 2.05) is 0 Å². The maximum Gasteiger partial charge on any atom is 0.270 e. The number of hydrogen-bond donors (Lipinski definition) is 2. The van der Waals surface area contributed by atoms with Gasteiger partial charge in [0.1, 0.15) is 0 Å². The minimum atomic E-state index is -0.494. The Morgan fingerprint density at radius 2 is 1.86 bits per heavy atom. The molecule has 0 aliphatic heterocycles. The molecule has 0 radical (unpaired) electrons. The van der Waals surface area contributed by atoms with Gasteiger partial charge in [-0.2, -0.15) is 0 Å². The Morgan fingerprint density at radius 3 is 2.52 bits per heavy atom. The summed E-state index contributed by atoms with van der Waals surface area (Å²) in [6.07, 6.45) is 3.01. The summed E-state index contributed by atoms with van der Waals surface area (Å²) in [5.41, 5.74) is 6.34. The zero-order valence-corrected chi connectivity index (χ0v) is 10.9. The van der Waals surface area contributed by atoms with E-state index in [1.54, 1.807) is 24.3 Å². The summed E-state index contributed by atoms with van der Waals surface area (Å²) in [4.78, 5) is 25.8. The molecule has 0 saturated heterocycles. The Hall–Kier alpha value is -3.22. The Bertz CT molecular complexity index is 686. The summed E-state index contributed by atoms with van der Waals surface area (Å²) < 4.78 is 0. The molecule has 7 heteroatoms. The number of nitrogens with one attached hydrogen (secondary N) is 2. The summed E-state index contributed by atoms with van der Waals surface area (Å²) in [6.45, 7) is 3.73. The van der Waals surface area contributed by atoms with Crippen molar-refractivity contribution >= 4 is 17.3 Å². The van der Waals surface area contributed by atoms with E-state index in [4.69, 9.17) is 0 Å². The molecule has 0 aliphatic carbocycles. The van der Waals surface area contributed by atoms with Gasteiger partial charge in [-0.15, -0.1) is 0 Å². The molecule has 0 saturated carbocycles. The van der Waals surface area contributed by atoms with E-state index < -0.39 is 4.92 Å². The van der Waals surface area contributed by atoms with Gasteiger partial charge in [0.25, 0.3) is 11.6 Å². The number of nitro benzene ring substituents is 1. The Kier molecular flexibility index (Phi) is 4.25. The molecule has 1 aromatic heterocycles. The zero-order chi connectivity index (χ0) is 15.2. The van der Waals surface area contributed by atoms with E-state index in [-0.39, 0.29) is 11.6 Å². The van der Waals surface area contributed by atoms with Crippen LogP contribution in [0.4, 0.5) is 5.69 Å². The minimum absolute atomic E-state index is 0.0455.